The Morgan fingerprint density at radius 1 is 1.41 bits per heavy atom. The van der Waals surface area contributed by atoms with Crippen LogP contribution < -0.4 is 11.1 Å². The number of hydrogen-bond donors (Lipinski definition) is 2. The summed E-state index contributed by atoms with van der Waals surface area (Å²) in [5, 5.41) is 6.76. The van der Waals surface area contributed by atoms with E-state index in [2.05, 4.69) is 10.4 Å². The van der Waals surface area contributed by atoms with Crippen molar-refractivity contribution in [3.63, 3.8) is 0 Å². The fourth-order valence-electron chi connectivity index (χ4n) is 1.57. The third kappa shape index (κ3) is 2.13. The van der Waals surface area contributed by atoms with Crippen molar-refractivity contribution >= 4 is 17.3 Å². The van der Waals surface area contributed by atoms with Crippen molar-refractivity contribution < 1.29 is 4.79 Å². The van der Waals surface area contributed by atoms with Gasteiger partial charge in [0.05, 0.1) is 0 Å². The van der Waals surface area contributed by atoms with E-state index in [0.29, 0.717) is 11.4 Å². The Bertz CT molecular complexity index is 559. The maximum Gasteiger partial charge on any atom is 0.273 e. The molecule has 2 aromatic rings. The number of benzene rings is 1. The maximum absolute atomic E-state index is 11.9. The highest BCUT2D eigenvalue weighted by Crippen LogP contribution is 2.20. The van der Waals surface area contributed by atoms with Crippen molar-refractivity contribution in [3.05, 3.63) is 41.7 Å². The molecule has 88 valence electrons. The molecule has 0 unspecified atom stereocenters. The summed E-state index contributed by atoms with van der Waals surface area (Å²) in [6.07, 6.45) is 1.58. The van der Waals surface area contributed by atoms with Gasteiger partial charge in [-0.1, -0.05) is 6.07 Å². The van der Waals surface area contributed by atoms with Crippen molar-refractivity contribution in [2.75, 3.05) is 11.1 Å². The van der Waals surface area contributed by atoms with Gasteiger partial charge in [0, 0.05) is 24.6 Å². The Kier molecular flexibility index (Phi) is 2.82. The minimum absolute atomic E-state index is 0.196. The number of aryl methyl sites for hydroxylation is 1. The molecule has 1 amide bonds. The lowest BCUT2D eigenvalue weighted by Crippen LogP contribution is -2.16. The summed E-state index contributed by atoms with van der Waals surface area (Å²) in [5.41, 5.74) is 8.53. The molecule has 0 fully saturated rings. The summed E-state index contributed by atoms with van der Waals surface area (Å²) in [4.78, 5) is 11.9. The van der Waals surface area contributed by atoms with Crippen molar-refractivity contribution in [2.24, 2.45) is 7.05 Å². The number of aromatic nitrogens is 2. The van der Waals surface area contributed by atoms with Gasteiger partial charge in [0.25, 0.3) is 5.91 Å². The summed E-state index contributed by atoms with van der Waals surface area (Å²) >= 11 is 0. The molecule has 0 radical (unpaired) electrons. The van der Waals surface area contributed by atoms with Crippen LogP contribution in [0, 0.1) is 6.92 Å². The zero-order chi connectivity index (χ0) is 12.4. The molecule has 5 heteroatoms. The summed E-state index contributed by atoms with van der Waals surface area (Å²) in [5.74, 6) is -0.196. The Morgan fingerprint density at radius 2 is 2.18 bits per heavy atom. The van der Waals surface area contributed by atoms with Crippen LogP contribution in [0.15, 0.2) is 30.5 Å². The number of hydrogen-bond acceptors (Lipinski definition) is 3. The normalized spacial score (nSPS) is 10.2. The summed E-state index contributed by atoms with van der Waals surface area (Å²) < 4.78 is 1.52. The van der Waals surface area contributed by atoms with Gasteiger partial charge >= 0.3 is 0 Å². The molecule has 0 aliphatic carbocycles. The van der Waals surface area contributed by atoms with E-state index < -0.39 is 0 Å². The fourth-order valence-corrected chi connectivity index (χ4v) is 1.57. The Morgan fingerprint density at radius 3 is 2.82 bits per heavy atom. The van der Waals surface area contributed by atoms with Crippen LogP contribution in [0.1, 0.15) is 16.1 Å². The van der Waals surface area contributed by atoms with Gasteiger partial charge in [0.1, 0.15) is 5.69 Å². The summed E-state index contributed by atoms with van der Waals surface area (Å²) in [6.45, 7) is 1.87. The highest BCUT2D eigenvalue weighted by Gasteiger charge is 2.11. The molecule has 3 N–H and O–H groups in total. The Balaban J connectivity index is 2.25. The first-order chi connectivity index (χ1) is 8.09. The number of nitrogens with one attached hydrogen (secondary N) is 1. The van der Waals surface area contributed by atoms with Gasteiger partial charge in [-0.15, -0.1) is 0 Å². The first kappa shape index (κ1) is 11.2. The van der Waals surface area contributed by atoms with Gasteiger partial charge < -0.3 is 11.1 Å². The second kappa shape index (κ2) is 4.29. The van der Waals surface area contributed by atoms with Gasteiger partial charge in [-0.25, -0.2) is 0 Å². The van der Waals surface area contributed by atoms with Crippen LogP contribution >= 0.6 is 0 Å². The van der Waals surface area contributed by atoms with Crippen LogP contribution in [0.3, 0.4) is 0 Å². The molecule has 1 aromatic carbocycles. The lowest BCUT2D eigenvalue weighted by molar-refractivity contribution is 0.101. The van der Waals surface area contributed by atoms with Gasteiger partial charge in [0.2, 0.25) is 0 Å². The SMILES string of the molecule is Cc1c(N)cccc1NC(=O)c1ccnn1C. The van der Waals surface area contributed by atoms with Crippen LogP contribution in [0.4, 0.5) is 11.4 Å². The minimum atomic E-state index is -0.196. The molecule has 0 saturated carbocycles. The zero-order valence-corrected chi connectivity index (χ0v) is 9.77. The zero-order valence-electron chi connectivity index (χ0n) is 9.77. The number of anilines is 2. The Labute approximate surface area is 99.2 Å². The van der Waals surface area contributed by atoms with Crippen molar-refractivity contribution in [1.29, 1.82) is 0 Å². The molecule has 0 atom stereocenters. The summed E-state index contributed by atoms with van der Waals surface area (Å²) in [7, 11) is 1.72. The van der Waals surface area contributed by atoms with E-state index in [-0.39, 0.29) is 5.91 Å². The highest BCUT2D eigenvalue weighted by atomic mass is 16.2. The average molecular weight is 230 g/mol. The van der Waals surface area contributed by atoms with Gasteiger partial charge in [-0.2, -0.15) is 5.10 Å². The molecule has 2 rings (SSSR count). The molecular formula is C12H14N4O. The maximum atomic E-state index is 11.9. The monoisotopic (exact) mass is 230 g/mol. The molecule has 0 spiro atoms. The van der Waals surface area contributed by atoms with E-state index in [0.717, 1.165) is 11.3 Å². The first-order valence-corrected chi connectivity index (χ1v) is 5.24. The molecule has 0 saturated heterocycles. The van der Waals surface area contributed by atoms with Crippen molar-refractivity contribution in [1.82, 2.24) is 9.78 Å². The van der Waals surface area contributed by atoms with Gasteiger partial charge in [0.15, 0.2) is 0 Å². The fraction of sp³-hybridized carbons (Fsp3) is 0.167. The van der Waals surface area contributed by atoms with Crippen LogP contribution in [-0.2, 0) is 7.05 Å². The lowest BCUT2D eigenvalue weighted by Gasteiger charge is -2.09. The number of rotatable bonds is 2. The molecular weight excluding hydrogens is 216 g/mol. The van der Waals surface area contributed by atoms with Crippen LogP contribution in [0.5, 0.6) is 0 Å². The number of nitrogen functional groups attached to an aromatic ring is 1. The van der Waals surface area contributed by atoms with Gasteiger partial charge in [-0.3, -0.25) is 9.48 Å². The Hall–Kier alpha value is -2.30. The standard InChI is InChI=1S/C12H14N4O/c1-8-9(13)4-3-5-10(8)15-12(17)11-6-7-14-16(11)2/h3-7H,13H2,1-2H3,(H,15,17). The number of nitrogens with two attached hydrogens (primary N) is 1. The van der Waals surface area contributed by atoms with Crippen molar-refractivity contribution in [3.8, 4) is 0 Å². The largest absolute Gasteiger partial charge is 0.398 e. The average Bonchev–Trinajstić information content (AvgIpc) is 2.71. The first-order valence-electron chi connectivity index (χ1n) is 5.24. The lowest BCUT2D eigenvalue weighted by atomic mass is 10.1. The molecule has 0 aliphatic heterocycles. The molecule has 0 aliphatic rings. The minimum Gasteiger partial charge on any atom is -0.398 e. The van der Waals surface area contributed by atoms with Crippen LogP contribution in [0.25, 0.3) is 0 Å². The van der Waals surface area contributed by atoms with E-state index in [1.807, 2.05) is 13.0 Å². The molecule has 5 nitrogen and oxygen atoms in total. The van der Waals surface area contributed by atoms with Crippen molar-refractivity contribution in [2.45, 2.75) is 6.92 Å². The molecule has 17 heavy (non-hydrogen) atoms. The van der Waals surface area contributed by atoms with E-state index >= 15 is 0 Å². The van der Waals surface area contributed by atoms with E-state index in [1.165, 1.54) is 4.68 Å². The third-order valence-electron chi connectivity index (χ3n) is 2.68. The van der Waals surface area contributed by atoms with E-state index in [9.17, 15) is 4.79 Å². The number of carbonyl (C=O) groups excluding carboxylic acids is 1. The number of amides is 1. The topological polar surface area (TPSA) is 72.9 Å². The van der Waals surface area contributed by atoms with Gasteiger partial charge in [-0.05, 0) is 30.7 Å². The quantitative estimate of drug-likeness (QED) is 0.769. The van der Waals surface area contributed by atoms with E-state index in [1.54, 1.807) is 31.4 Å². The molecule has 0 bridgehead atoms. The number of carbonyl (C=O) groups is 1. The van der Waals surface area contributed by atoms with E-state index in [4.69, 9.17) is 5.73 Å². The number of nitrogens with zero attached hydrogens (tertiary/aromatic N) is 2. The second-order valence-electron chi connectivity index (χ2n) is 3.81. The molecule has 1 aromatic heterocycles. The smallest absolute Gasteiger partial charge is 0.273 e. The van der Waals surface area contributed by atoms with Crippen LogP contribution in [-0.4, -0.2) is 15.7 Å². The predicted octanol–water partition coefficient (Wildman–Crippen LogP) is 1.56. The molecule has 1 heterocycles. The highest BCUT2D eigenvalue weighted by molar-refractivity contribution is 6.03. The summed E-state index contributed by atoms with van der Waals surface area (Å²) in [6, 6.07) is 7.09. The predicted molar refractivity (Wildman–Crippen MR) is 66.8 cm³/mol. The van der Waals surface area contributed by atoms with Crippen LogP contribution in [0.2, 0.25) is 0 Å². The third-order valence-corrected chi connectivity index (χ3v) is 2.68. The second-order valence-corrected chi connectivity index (χ2v) is 3.81.